The first-order valence-corrected chi connectivity index (χ1v) is 6.91. The van der Waals surface area contributed by atoms with Gasteiger partial charge in [0.05, 0.1) is 23.7 Å². The van der Waals surface area contributed by atoms with Crippen molar-refractivity contribution in [3.63, 3.8) is 0 Å². The Bertz CT molecular complexity index is 292. The molecule has 0 radical (unpaired) electrons. The maximum Gasteiger partial charge on any atom is 0.150 e. The van der Waals surface area contributed by atoms with E-state index in [1.807, 2.05) is 0 Å². The molecule has 2 aliphatic heterocycles. The van der Waals surface area contributed by atoms with Gasteiger partial charge in [0.2, 0.25) is 0 Å². The summed E-state index contributed by atoms with van der Waals surface area (Å²) in [6, 6.07) is 0. The van der Waals surface area contributed by atoms with Crippen molar-refractivity contribution in [2.24, 2.45) is 5.92 Å². The van der Waals surface area contributed by atoms with Crippen LogP contribution >= 0.6 is 0 Å². The normalized spacial score (nSPS) is 38.6. The minimum Gasteiger partial charge on any atom is -0.390 e. The monoisotopic (exact) mass is 220 g/mol. The molecule has 0 aromatic carbocycles. The van der Waals surface area contributed by atoms with Crippen molar-refractivity contribution < 1.29 is 18.3 Å². The van der Waals surface area contributed by atoms with E-state index < -0.39 is 15.9 Å². The van der Waals surface area contributed by atoms with Crippen molar-refractivity contribution in [2.45, 2.75) is 31.5 Å². The van der Waals surface area contributed by atoms with Crippen molar-refractivity contribution in [2.75, 3.05) is 18.1 Å². The highest BCUT2D eigenvalue weighted by atomic mass is 32.2. The maximum absolute atomic E-state index is 11.2. The average molecular weight is 220 g/mol. The lowest BCUT2D eigenvalue weighted by atomic mass is 9.96. The van der Waals surface area contributed by atoms with Gasteiger partial charge in [0.1, 0.15) is 0 Å². The topological polar surface area (TPSA) is 63.6 Å². The van der Waals surface area contributed by atoms with E-state index in [4.69, 9.17) is 4.74 Å². The molecule has 2 rings (SSSR count). The van der Waals surface area contributed by atoms with Crippen LogP contribution in [0.5, 0.6) is 0 Å². The first-order chi connectivity index (χ1) is 6.58. The van der Waals surface area contributed by atoms with Gasteiger partial charge in [-0.25, -0.2) is 8.42 Å². The zero-order chi connectivity index (χ0) is 10.2. The summed E-state index contributed by atoms with van der Waals surface area (Å²) in [6.07, 6.45) is 1.70. The standard InChI is InChI=1S/C9H16O4S/c10-9(8-2-1-4-13-8)7-3-5-14(11,12)6-7/h7-10H,1-6H2. The van der Waals surface area contributed by atoms with Crippen molar-refractivity contribution in [3.05, 3.63) is 0 Å². The van der Waals surface area contributed by atoms with Crippen molar-refractivity contribution >= 4 is 9.84 Å². The third-order valence-electron chi connectivity index (χ3n) is 3.10. The molecule has 3 unspecified atom stereocenters. The highest BCUT2D eigenvalue weighted by molar-refractivity contribution is 7.91. The van der Waals surface area contributed by atoms with E-state index in [-0.39, 0.29) is 23.5 Å². The Morgan fingerprint density at radius 3 is 2.64 bits per heavy atom. The lowest BCUT2D eigenvalue weighted by Crippen LogP contribution is -2.33. The molecule has 2 aliphatic rings. The predicted molar refractivity (Wildman–Crippen MR) is 51.7 cm³/mol. The van der Waals surface area contributed by atoms with E-state index in [9.17, 15) is 13.5 Å². The van der Waals surface area contributed by atoms with Crippen molar-refractivity contribution in [3.8, 4) is 0 Å². The average Bonchev–Trinajstić information content (AvgIpc) is 2.72. The molecule has 0 bridgehead atoms. The maximum atomic E-state index is 11.2. The molecular formula is C9H16O4S. The second kappa shape index (κ2) is 3.79. The molecule has 3 atom stereocenters. The molecule has 5 heteroatoms. The van der Waals surface area contributed by atoms with Crippen LogP contribution in [-0.2, 0) is 14.6 Å². The fourth-order valence-corrected chi connectivity index (χ4v) is 4.11. The van der Waals surface area contributed by atoms with E-state index in [1.165, 1.54) is 0 Å². The van der Waals surface area contributed by atoms with Gasteiger partial charge in [-0.05, 0) is 19.3 Å². The molecule has 0 aromatic rings. The molecule has 0 amide bonds. The summed E-state index contributed by atoms with van der Waals surface area (Å²) in [4.78, 5) is 0. The van der Waals surface area contributed by atoms with Crippen LogP contribution < -0.4 is 0 Å². The molecule has 0 aromatic heterocycles. The summed E-state index contributed by atoms with van der Waals surface area (Å²) in [5.74, 6) is 0.248. The molecule has 0 spiro atoms. The van der Waals surface area contributed by atoms with Crippen LogP contribution in [0.15, 0.2) is 0 Å². The number of sulfone groups is 1. The van der Waals surface area contributed by atoms with Crippen molar-refractivity contribution in [1.82, 2.24) is 0 Å². The summed E-state index contributed by atoms with van der Waals surface area (Å²) in [6.45, 7) is 0.696. The second-order valence-electron chi connectivity index (χ2n) is 4.21. The Morgan fingerprint density at radius 1 is 1.36 bits per heavy atom. The minimum atomic E-state index is -2.89. The number of hydrogen-bond donors (Lipinski definition) is 1. The fraction of sp³-hybridized carbons (Fsp3) is 1.00. The molecule has 82 valence electrons. The zero-order valence-corrected chi connectivity index (χ0v) is 8.87. The van der Waals surface area contributed by atoms with Gasteiger partial charge in [0.15, 0.2) is 9.84 Å². The van der Waals surface area contributed by atoms with Crippen LogP contribution in [0, 0.1) is 5.92 Å². The van der Waals surface area contributed by atoms with E-state index in [0.29, 0.717) is 13.0 Å². The van der Waals surface area contributed by atoms with Gasteiger partial charge in [-0.1, -0.05) is 0 Å². The van der Waals surface area contributed by atoms with Crippen LogP contribution in [0.1, 0.15) is 19.3 Å². The van der Waals surface area contributed by atoms with Crippen LogP contribution in [0.4, 0.5) is 0 Å². The van der Waals surface area contributed by atoms with Gasteiger partial charge >= 0.3 is 0 Å². The largest absolute Gasteiger partial charge is 0.390 e. The predicted octanol–water partition coefficient (Wildman–Crippen LogP) is -0.0390. The Balaban J connectivity index is 1.95. The highest BCUT2D eigenvalue weighted by Gasteiger charge is 2.37. The molecule has 4 nitrogen and oxygen atoms in total. The number of aliphatic hydroxyl groups excluding tert-OH is 1. The van der Waals surface area contributed by atoms with Gasteiger partial charge in [0.25, 0.3) is 0 Å². The molecule has 0 aliphatic carbocycles. The van der Waals surface area contributed by atoms with Gasteiger partial charge in [-0.15, -0.1) is 0 Å². The number of rotatable bonds is 2. The van der Waals surface area contributed by atoms with Crippen LogP contribution in [0.25, 0.3) is 0 Å². The Kier molecular flexibility index (Phi) is 2.81. The van der Waals surface area contributed by atoms with Gasteiger partial charge in [0, 0.05) is 12.5 Å². The molecule has 0 saturated carbocycles. The highest BCUT2D eigenvalue weighted by Crippen LogP contribution is 2.28. The van der Waals surface area contributed by atoms with E-state index in [1.54, 1.807) is 0 Å². The van der Waals surface area contributed by atoms with E-state index >= 15 is 0 Å². The summed E-state index contributed by atoms with van der Waals surface area (Å²) in [5, 5.41) is 9.89. The van der Waals surface area contributed by atoms with Gasteiger partial charge < -0.3 is 9.84 Å². The first-order valence-electron chi connectivity index (χ1n) is 5.08. The Morgan fingerprint density at radius 2 is 2.14 bits per heavy atom. The number of aliphatic hydroxyl groups is 1. The molecule has 2 fully saturated rings. The Labute approximate surface area is 84.2 Å². The number of ether oxygens (including phenoxy) is 1. The smallest absolute Gasteiger partial charge is 0.150 e. The quantitative estimate of drug-likeness (QED) is 0.709. The van der Waals surface area contributed by atoms with E-state index in [2.05, 4.69) is 0 Å². The minimum absolute atomic E-state index is 0.108. The first kappa shape index (κ1) is 10.4. The zero-order valence-electron chi connectivity index (χ0n) is 8.05. The molecule has 14 heavy (non-hydrogen) atoms. The molecule has 2 saturated heterocycles. The fourth-order valence-electron chi connectivity index (χ4n) is 2.27. The SMILES string of the molecule is O=S1(=O)CCC(C(O)C2CCCO2)C1. The van der Waals surface area contributed by atoms with Crippen LogP contribution in [-0.4, -0.2) is 43.8 Å². The van der Waals surface area contributed by atoms with E-state index in [0.717, 1.165) is 12.8 Å². The van der Waals surface area contributed by atoms with Crippen LogP contribution in [0.2, 0.25) is 0 Å². The Hall–Kier alpha value is -0.130. The molecular weight excluding hydrogens is 204 g/mol. The summed E-state index contributed by atoms with van der Waals surface area (Å²) in [5.41, 5.74) is 0. The van der Waals surface area contributed by atoms with Crippen LogP contribution in [0.3, 0.4) is 0 Å². The summed E-state index contributed by atoms with van der Waals surface area (Å²) < 4.78 is 27.8. The lowest BCUT2D eigenvalue weighted by Gasteiger charge is -2.22. The second-order valence-corrected chi connectivity index (χ2v) is 6.43. The summed E-state index contributed by atoms with van der Waals surface area (Å²) in [7, 11) is -2.89. The lowest BCUT2D eigenvalue weighted by molar-refractivity contribution is -0.0265. The van der Waals surface area contributed by atoms with Crippen molar-refractivity contribution in [1.29, 1.82) is 0 Å². The third-order valence-corrected chi connectivity index (χ3v) is 4.89. The third kappa shape index (κ3) is 2.10. The van der Waals surface area contributed by atoms with Gasteiger partial charge in [-0.3, -0.25) is 0 Å². The molecule has 2 heterocycles. The van der Waals surface area contributed by atoms with Gasteiger partial charge in [-0.2, -0.15) is 0 Å². The summed E-state index contributed by atoms with van der Waals surface area (Å²) >= 11 is 0. The number of hydrogen-bond acceptors (Lipinski definition) is 4. The molecule has 1 N–H and O–H groups in total.